The zero-order valence-electron chi connectivity index (χ0n) is 14.8. The van der Waals surface area contributed by atoms with E-state index in [1.165, 1.54) is 0 Å². The van der Waals surface area contributed by atoms with Crippen molar-refractivity contribution >= 4 is 39.4 Å². The number of pyridine rings is 1. The van der Waals surface area contributed by atoms with Gasteiger partial charge < -0.3 is 15.4 Å². The molecule has 0 saturated heterocycles. The maximum atomic E-state index is 12.6. The number of nitrogens with one attached hydrogen (secondary N) is 3. The number of benzene rings is 1. The van der Waals surface area contributed by atoms with Crippen LogP contribution in [0.4, 0.5) is 5.69 Å². The van der Waals surface area contributed by atoms with E-state index in [2.05, 4.69) is 20.5 Å². The number of anilines is 1. The number of aromatic nitrogens is 3. The summed E-state index contributed by atoms with van der Waals surface area (Å²) in [4.78, 5) is 37.7. The molecule has 0 radical (unpaired) electrons. The number of nitrogens with zero attached hydrogens (tertiary/aromatic N) is 1. The summed E-state index contributed by atoms with van der Waals surface area (Å²) in [6.45, 7) is 6.00. The third-order valence-electron chi connectivity index (χ3n) is 4.12. The highest BCUT2D eigenvalue weighted by molar-refractivity contribution is 6.05. The Morgan fingerprint density at radius 2 is 1.96 bits per heavy atom. The van der Waals surface area contributed by atoms with Gasteiger partial charge in [-0.15, -0.1) is 0 Å². The molecule has 1 aromatic carbocycles. The molecule has 136 valence electrons. The predicted molar refractivity (Wildman–Crippen MR) is 98.4 cm³/mol. The van der Waals surface area contributed by atoms with Crippen molar-refractivity contribution in [2.75, 3.05) is 5.32 Å². The fourth-order valence-electron chi connectivity index (χ4n) is 2.86. The zero-order chi connectivity index (χ0) is 19.1. The first kappa shape index (κ1) is 17.7. The second kappa shape index (κ2) is 6.29. The van der Waals surface area contributed by atoms with Gasteiger partial charge in [-0.05, 0) is 18.2 Å². The first-order valence-electron chi connectivity index (χ1n) is 8.23. The third-order valence-corrected chi connectivity index (χ3v) is 4.12. The molecule has 0 aliphatic rings. The van der Waals surface area contributed by atoms with Crippen LogP contribution in [0.5, 0.6) is 0 Å². The lowest BCUT2D eigenvalue weighted by molar-refractivity contribution is -0.138. The highest BCUT2D eigenvalue weighted by atomic mass is 16.4. The van der Waals surface area contributed by atoms with E-state index in [0.717, 1.165) is 11.1 Å². The molecule has 4 N–H and O–H groups in total. The van der Waals surface area contributed by atoms with Crippen molar-refractivity contribution in [2.45, 2.75) is 39.0 Å². The average Bonchev–Trinajstić information content (AvgIpc) is 2.99. The second-order valence-corrected chi connectivity index (χ2v) is 7.23. The fourth-order valence-corrected chi connectivity index (χ4v) is 2.86. The summed E-state index contributed by atoms with van der Waals surface area (Å²) in [7, 11) is 0. The standard InChI is InChI=1S/C18H20N4O4/c1-18(2,3)16-14-15(21-22-16)10-5-4-9(8-11(10)20-17(14)26)19-12(23)6-7-13(24)25/h4-5,8H,6-7H2,1-3H3,(H,19,23)(H,20,26)(H,21,22)(H,24,25). The molecule has 0 aliphatic carbocycles. The van der Waals surface area contributed by atoms with Crippen LogP contribution in [0.25, 0.3) is 21.8 Å². The Kier molecular flexibility index (Phi) is 4.27. The molecule has 3 aromatic rings. The molecule has 0 atom stereocenters. The molecule has 2 aromatic heterocycles. The van der Waals surface area contributed by atoms with E-state index in [1.807, 2.05) is 20.8 Å². The van der Waals surface area contributed by atoms with E-state index in [-0.39, 0.29) is 23.8 Å². The molecule has 0 saturated carbocycles. The molecular weight excluding hydrogens is 336 g/mol. The minimum absolute atomic E-state index is 0.114. The lowest BCUT2D eigenvalue weighted by Crippen LogP contribution is -2.17. The highest BCUT2D eigenvalue weighted by Crippen LogP contribution is 2.29. The number of carboxylic acid groups (broad SMARTS) is 1. The number of fused-ring (bicyclic) bond motifs is 3. The first-order chi connectivity index (χ1) is 12.2. The molecule has 3 rings (SSSR count). The zero-order valence-corrected chi connectivity index (χ0v) is 14.8. The maximum absolute atomic E-state index is 12.6. The van der Waals surface area contributed by atoms with Gasteiger partial charge in [0.25, 0.3) is 5.56 Å². The van der Waals surface area contributed by atoms with Crippen LogP contribution >= 0.6 is 0 Å². The van der Waals surface area contributed by atoms with Crippen molar-refractivity contribution in [1.82, 2.24) is 15.2 Å². The smallest absolute Gasteiger partial charge is 0.303 e. The minimum Gasteiger partial charge on any atom is -0.481 e. The van der Waals surface area contributed by atoms with Crippen LogP contribution in [0.3, 0.4) is 0 Å². The fraction of sp³-hybridized carbons (Fsp3) is 0.333. The van der Waals surface area contributed by atoms with Gasteiger partial charge in [0.2, 0.25) is 5.91 Å². The molecule has 0 fully saturated rings. The molecule has 0 spiro atoms. The number of aromatic amines is 2. The molecule has 2 heterocycles. The van der Waals surface area contributed by atoms with E-state index >= 15 is 0 Å². The van der Waals surface area contributed by atoms with Crippen molar-refractivity contribution in [1.29, 1.82) is 0 Å². The highest BCUT2D eigenvalue weighted by Gasteiger charge is 2.23. The Hall–Kier alpha value is -3.16. The van der Waals surface area contributed by atoms with Crippen molar-refractivity contribution < 1.29 is 14.7 Å². The number of carboxylic acids is 1. The summed E-state index contributed by atoms with van der Waals surface area (Å²) in [5.41, 5.74) is 1.87. The van der Waals surface area contributed by atoms with E-state index in [4.69, 9.17) is 5.11 Å². The predicted octanol–water partition coefficient (Wildman–Crippen LogP) is 2.51. The van der Waals surface area contributed by atoms with Crippen LogP contribution < -0.4 is 10.9 Å². The van der Waals surface area contributed by atoms with Gasteiger partial charge in [0, 0.05) is 22.9 Å². The summed E-state index contributed by atoms with van der Waals surface area (Å²) in [5.74, 6) is -1.43. The van der Waals surface area contributed by atoms with Crippen LogP contribution in [0.15, 0.2) is 23.0 Å². The minimum atomic E-state index is -1.03. The van der Waals surface area contributed by atoms with Gasteiger partial charge in [-0.3, -0.25) is 19.5 Å². The molecule has 0 bridgehead atoms. The van der Waals surface area contributed by atoms with Crippen LogP contribution in [0.2, 0.25) is 0 Å². The second-order valence-electron chi connectivity index (χ2n) is 7.23. The Morgan fingerprint density at radius 1 is 1.23 bits per heavy atom. The van der Waals surface area contributed by atoms with E-state index in [0.29, 0.717) is 22.1 Å². The monoisotopic (exact) mass is 356 g/mol. The number of amides is 1. The summed E-state index contributed by atoms with van der Waals surface area (Å²) >= 11 is 0. The molecular formula is C18H20N4O4. The molecule has 8 heteroatoms. The maximum Gasteiger partial charge on any atom is 0.303 e. The van der Waals surface area contributed by atoms with E-state index in [1.54, 1.807) is 18.2 Å². The largest absolute Gasteiger partial charge is 0.481 e. The lowest BCUT2D eigenvalue weighted by Gasteiger charge is -2.16. The summed E-state index contributed by atoms with van der Waals surface area (Å²) in [5, 5.41) is 19.8. The average molecular weight is 356 g/mol. The van der Waals surface area contributed by atoms with Gasteiger partial charge in [0.05, 0.1) is 23.0 Å². The summed E-state index contributed by atoms with van der Waals surface area (Å²) in [6, 6.07) is 5.11. The van der Waals surface area contributed by atoms with Gasteiger partial charge >= 0.3 is 5.97 Å². The topological polar surface area (TPSA) is 128 Å². The molecule has 0 aliphatic heterocycles. The van der Waals surface area contributed by atoms with Gasteiger partial charge in [-0.25, -0.2) is 0 Å². The summed E-state index contributed by atoms with van der Waals surface area (Å²) < 4.78 is 0. The normalized spacial score (nSPS) is 11.8. The van der Waals surface area contributed by atoms with Crippen molar-refractivity contribution in [3.8, 4) is 0 Å². The number of H-pyrrole nitrogens is 2. The number of aliphatic carboxylic acids is 1. The van der Waals surface area contributed by atoms with Crippen LogP contribution in [0.1, 0.15) is 39.3 Å². The Balaban J connectivity index is 2.01. The van der Waals surface area contributed by atoms with E-state index < -0.39 is 11.9 Å². The Morgan fingerprint density at radius 3 is 2.62 bits per heavy atom. The SMILES string of the molecule is CC(C)(C)c1[nH]nc2c1c(=O)[nH]c1cc(NC(=O)CCC(=O)O)ccc12. The van der Waals surface area contributed by atoms with Crippen molar-refractivity contribution in [3.05, 3.63) is 34.2 Å². The van der Waals surface area contributed by atoms with Crippen LogP contribution in [0, 0.1) is 0 Å². The van der Waals surface area contributed by atoms with Gasteiger partial charge in [-0.1, -0.05) is 20.8 Å². The van der Waals surface area contributed by atoms with Gasteiger partial charge in [0.1, 0.15) is 5.52 Å². The van der Waals surface area contributed by atoms with Gasteiger partial charge in [0.15, 0.2) is 0 Å². The summed E-state index contributed by atoms with van der Waals surface area (Å²) in [6.07, 6.45) is -0.350. The number of hydrogen-bond donors (Lipinski definition) is 4. The Labute approximate surface area is 148 Å². The number of carbonyl (C=O) groups excluding carboxylic acids is 1. The number of hydrogen-bond acceptors (Lipinski definition) is 4. The van der Waals surface area contributed by atoms with Gasteiger partial charge in [-0.2, -0.15) is 5.10 Å². The van der Waals surface area contributed by atoms with Crippen LogP contribution in [-0.2, 0) is 15.0 Å². The quantitative estimate of drug-likeness (QED) is 0.571. The van der Waals surface area contributed by atoms with Crippen molar-refractivity contribution in [3.63, 3.8) is 0 Å². The van der Waals surface area contributed by atoms with Crippen molar-refractivity contribution in [2.24, 2.45) is 0 Å². The lowest BCUT2D eigenvalue weighted by atomic mass is 9.90. The van der Waals surface area contributed by atoms with Crippen LogP contribution in [-0.4, -0.2) is 32.2 Å². The molecule has 26 heavy (non-hydrogen) atoms. The number of rotatable bonds is 4. The third kappa shape index (κ3) is 3.30. The molecule has 0 unspecified atom stereocenters. The van der Waals surface area contributed by atoms with E-state index in [9.17, 15) is 14.4 Å². The number of carbonyl (C=O) groups is 2. The Bertz CT molecular complexity index is 1070. The molecule has 8 nitrogen and oxygen atoms in total. The first-order valence-corrected chi connectivity index (χ1v) is 8.23. The molecule has 1 amide bonds.